The molecular weight excluding hydrogens is 450 g/mol. The first-order chi connectivity index (χ1) is 9.41. The van der Waals surface area contributed by atoms with Gasteiger partial charge in [-0.2, -0.15) is 0 Å². The summed E-state index contributed by atoms with van der Waals surface area (Å²) in [6.07, 6.45) is 2.84. The molecule has 3 rings (SSSR count). The maximum Gasteiger partial charge on any atom is 0.0693 e. The van der Waals surface area contributed by atoms with Gasteiger partial charge in [-0.1, -0.05) is 29.8 Å². The molecule has 110 valence electrons. The van der Waals surface area contributed by atoms with E-state index in [0.717, 1.165) is 25.7 Å². The van der Waals surface area contributed by atoms with E-state index in [1.165, 1.54) is 12.8 Å². The summed E-state index contributed by atoms with van der Waals surface area (Å²) in [5.41, 5.74) is 1.31. The first-order valence-electron chi connectivity index (χ1n) is 6.94. The fourth-order valence-corrected chi connectivity index (χ4v) is 6.14. The molecule has 1 aromatic rings. The zero-order chi connectivity index (χ0) is 14.5. The number of anilines is 1. The summed E-state index contributed by atoms with van der Waals surface area (Å²) in [6, 6.07) is 4.61. The molecule has 1 saturated carbocycles. The number of nitrogens with one attached hydrogen (secondary N) is 1. The van der Waals surface area contributed by atoms with E-state index in [4.69, 9.17) is 4.74 Å². The van der Waals surface area contributed by atoms with Crippen molar-refractivity contribution in [2.24, 2.45) is 11.3 Å². The van der Waals surface area contributed by atoms with E-state index in [1.54, 1.807) is 0 Å². The molecule has 0 amide bonds. The molecule has 1 aromatic carbocycles. The van der Waals surface area contributed by atoms with Crippen LogP contribution in [0, 0.1) is 11.3 Å². The molecule has 1 aliphatic heterocycles. The highest BCUT2D eigenvalue weighted by atomic mass is 79.9. The van der Waals surface area contributed by atoms with Gasteiger partial charge >= 0.3 is 0 Å². The third-order valence-corrected chi connectivity index (χ3v) is 6.35. The first-order valence-corrected chi connectivity index (χ1v) is 9.32. The average Bonchev–Trinajstić information content (AvgIpc) is 2.37. The normalized spacial score (nSPS) is 31.4. The van der Waals surface area contributed by atoms with Crippen LogP contribution in [0.4, 0.5) is 5.69 Å². The van der Waals surface area contributed by atoms with Crippen LogP contribution in [0.15, 0.2) is 25.6 Å². The van der Waals surface area contributed by atoms with Crippen LogP contribution in [0.5, 0.6) is 0 Å². The van der Waals surface area contributed by atoms with Gasteiger partial charge in [-0.3, -0.25) is 0 Å². The van der Waals surface area contributed by atoms with Crippen LogP contribution in [0.1, 0.15) is 26.7 Å². The van der Waals surface area contributed by atoms with Gasteiger partial charge in [0.25, 0.3) is 0 Å². The number of benzene rings is 1. The lowest BCUT2D eigenvalue weighted by molar-refractivity contribution is -0.177. The smallest absolute Gasteiger partial charge is 0.0693 e. The Morgan fingerprint density at radius 3 is 2.50 bits per heavy atom. The summed E-state index contributed by atoms with van der Waals surface area (Å²) in [4.78, 5) is 0. The van der Waals surface area contributed by atoms with Crippen molar-refractivity contribution in [3.63, 3.8) is 0 Å². The molecule has 3 unspecified atom stereocenters. The lowest BCUT2D eigenvalue weighted by Gasteiger charge is -2.60. The van der Waals surface area contributed by atoms with Gasteiger partial charge in [-0.25, -0.2) is 0 Å². The van der Waals surface area contributed by atoms with Crippen molar-refractivity contribution in [2.45, 2.75) is 38.8 Å². The van der Waals surface area contributed by atoms with Crippen molar-refractivity contribution in [2.75, 3.05) is 11.9 Å². The SMILES string of the molecule is CC1(C)C(Nc2c(Br)cc(Br)cc2Br)C2CCCOC21. The van der Waals surface area contributed by atoms with Crippen LogP contribution < -0.4 is 5.32 Å². The fourth-order valence-electron chi connectivity index (χ4n) is 3.65. The van der Waals surface area contributed by atoms with Crippen molar-refractivity contribution in [3.05, 3.63) is 25.6 Å². The molecule has 20 heavy (non-hydrogen) atoms. The van der Waals surface area contributed by atoms with E-state index >= 15 is 0 Å². The van der Waals surface area contributed by atoms with Crippen molar-refractivity contribution >= 4 is 53.5 Å². The van der Waals surface area contributed by atoms with Crippen LogP contribution >= 0.6 is 47.8 Å². The minimum atomic E-state index is 0.178. The number of fused-ring (bicyclic) bond motifs is 1. The lowest BCUT2D eigenvalue weighted by atomic mass is 9.55. The first kappa shape index (κ1) is 15.3. The van der Waals surface area contributed by atoms with Gasteiger partial charge in [-0.15, -0.1) is 0 Å². The van der Waals surface area contributed by atoms with Crippen LogP contribution in [-0.4, -0.2) is 18.8 Å². The molecule has 2 nitrogen and oxygen atoms in total. The van der Waals surface area contributed by atoms with Crippen LogP contribution in [0.2, 0.25) is 0 Å². The highest BCUT2D eigenvalue weighted by molar-refractivity contribution is 9.11. The highest BCUT2D eigenvalue weighted by Crippen LogP contribution is 2.53. The maximum atomic E-state index is 5.97. The van der Waals surface area contributed by atoms with Crippen molar-refractivity contribution < 1.29 is 4.74 Å². The zero-order valence-corrected chi connectivity index (χ0v) is 16.3. The summed E-state index contributed by atoms with van der Waals surface area (Å²) < 4.78 is 9.19. The van der Waals surface area contributed by atoms with E-state index in [9.17, 15) is 0 Å². The van der Waals surface area contributed by atoms with Crippen molar-refractivity contribution in [3.8, 4) is 0 Å². The van der Waals surface area contributed by atoms with E-state index in [0.29, 0.717) is 18.1 Å². The largest absolute Gasteiger partial charge is 0.379 e. The molecule has 2 aliphatic rings. The van der Waals surface area contributed by atoms with Gasteiger partial charge in [0.1, 0.15) is 0 Å². The Labute approximate surface area is 145 Å². The molecule has 1 aliphatic carbocycles. The number of ether oxygens (including phenoxy) is 1. The quantitative estimate of drug-likeness (QED) is 0.612. The molecule has 0 aromatic heterocycles. The molecule has 1 heterocycles. The summed E-state index contributed by atoms with van der Waals surface area (Å²) in [6.45, 7) is 5.53. The van der Waals surface area contributed by atoms with Gasteiger partial charge < -0.3 is 10.1 Å². The van der Waals surface area contributed by atoms with E-state index < -0.39 is 0 Å². The topological polar surface area (TPSA) is 21.3 Å². The Kier molecular flexibility index (Phi) is 4.26. The molecule has 0 radical (unpaired) electrons. The molecule has 1 N–H and O–H groups in total. The zero-order valence-electron chi connectivity index (χ0n) is 11.6. The van der Waals surface area contributed by atoms with Gasteiger partial charge in [0.15, 0.2) is 0 Å². The molecule has 3 atom stereocenters. The Morgan fingerprint density at radius 2 is 1.85 bits per heavy atom. The van der Waals surface area contributed by atoms with Crippen molar-refractivity contribution in [1.29, 1.82) is 0 Å². The van der Waals surface area contributed by atoms with E-state index in [1.807, 2.05) is 0 Å². The molecule has 5 heteroatoms. The number of rotatable bonds is 2. The van der Waals surface area contributed by atoms with Crippen LogP contribution in [0.25, 0.3) is 0 Å². The van der Waals surface area contributed by atoms with Gasteiger partial charge in [0, 0.05) is 37.4 Å². The Morgan fingerprint density at radius 1 is 1.20 bits per heavy atom. The second-order valence-corrected chi connectivity index (χ2v) is 8.91. The average molecular weight is 468 g/mol. The minimum Gasteiger partial charge on any atom is -0.379 e. The summed E-state index contributed by atoms with van der Waals surface area (Å²) in [5.74, 6) is 0.626. The Bertz CT molecular complexity index is 509. The third kappa shape index (κ3) is 2.49. The molecule has 0 bridgehead atoms. The highest BCUT2D eigenvalue weighted by Gasteiger charge is 2.58. The van der Waals surface area contributed by atoms with Crippen LogP contribution in [-0.2, 0) is 4.74 Å². The predicted molar refractivity (Wildman–Crippen MR) is 93.2 cm³/mol. The number of hydrogen-bond donors (Lipinski definition) is 1. The molecular formula is C15H18Br3NO. The molecule has 1 saturated heterocycles. The second kappa shape index (κ2) is 5.56. The van der Waals surface area contributed by atoms with Crippen LogP contribution in [0.3, 0.4) is 0 Å². The van der Waals surface area contributed by atoms with Gasteiger partial charge in [0.05, 0.1) is 11.8 Å². The second-order valence-electron chi connectivity index (χ2n) is 6.29. The van der Waals surface area contributed by atoms with Gasteiger partial charge in [-0.05, 0) is 56.8 Å². The maximum absolute atomic E-state index is 5.97. The number of halogens is 3. The molecule has 2 fully saturated rings. The molecule has 0 spiro atoms. The lowest BCUT2D eigenvalue weighted by Crippen LogP contribution is -2.67. The summed E-state index contributed by atoms with van der Waals surface area (Å²) in [7, 11) is 0. The Hall–Kier alpha value is 0.420. The monoisotopic (exact) mass is 465 g/mol. The number of hydrogen-bond acceptors (Lipinski definition) is 2. The van der Waals surface area contributed by atoms with E-state index in [2.05, 4.69) is 79.1 Å². The predicted octanol–water partition coefficient (Wildman–Crippen LogP) is 5.59. The summed E-state index contributed by atoms with van der Waals surface area (Å²) in [5, 5.41) is 3.74. The van der Waals surface area contributed by atoms with E-state index in [-0.39, 0.29) is 5.41 Å². The fraction of sp³-hybridized carbons (Fsp3) is 0.600. The standard InChI is InChI=1S/C15H18Br3NO/c1-15(2)13(9-4-3-5-20-14(9)15)19-12-10(17)6-8(16)7-11(12)18/h6-7,9,13-14,19H,3-5H2,1-2H3. The minimum absolute atomic E-state index is 0.178. The third-order valence-electron chi connectivity index (χ3n) is 4.64. The Balaban J connectivity index is 1.85. The van der Waals surface area contributed by atoms with Crippen molar-refractivity contribution in [1.82, 2.24) is 0 Å². The summed E-state index contributed by atoms with van der Waals surface area (Å²) >= 11 is 10.8. The van der Waals surface area contributed by atoms with Gasteiger partial charge in [0.2, 0.25) is 0 Å².